The van der Waals surface area contributed by atoms with Gasteiger partial charge < -0.3 is 19.1 Å². The van der Waals surface area contributed by atoms with Gasteiger partial charge >= 0.3 is 7.52 Å². The van der Waals surface area contributed by atoms with Crippen molar-refractivity contribution in [3.63, 3.8) is 0 Å². The Balaban J connectivity index is 2.04. The minimum Gasteiger partial charge on any atom is -0.494 e. The van der Waals surface area contributed by atoms with Crippen molar-refractivity contribution in [2.45, 2.75) is 13.3 Å². The van der Waals surface area contributed by atoms with Crippen molar-refractivity contribution in [3.05, 3.63) is 48.5 Å². The minimum absolute atomic E-state index is 0.441. The molecule has 0 spiro atoms. The van der Waals surface area contributed by atoms with E-state index in [9.17, 15) is 4.57 Å². The first kappa shape index (κ1) is 17.2. The van der Waals surface area contributed by atoms with Gasteiger partial charge in [0, 0.05) is 12.4 Å². The zero-order valence-corrected chi connectivity index (χ0v) is 14.5. The highest BCUT2D eigenvalue weighted by Gasteiger charge is 2.19. The van der Waals surface area contributed by atoms with E-state index in [1.807, 2.05) is 30.3 Å². The van der Waals surface area contributed by atoms with E-state index < -0.39 is 7.52 Å². The molecule has 23 heavy (non-hydrogen) atoms. The molecule has 0 bridgehead atoms. The molecular weight excluding hydrogens is 313 g/mol. The highest BCUT2D eigenvalue weighted by atomic mass is 31.2. The van der Waals surface area contributed by atoms with E-state index >= 15 is 0 Å². The van der Waals surface area contributed by atoms with Crippen molar-refractivity contribution in [3.8, 4) is 17.2 Å². The van der Waals surface area contributed by atoms with E-state index in [2.05, 4.69) is 12.0 Å². The van der Waals surface area contributed by atoms with E-state index in [4.69, 9.17) is 14.0 Å². The molecule has 124 valence electrons. The first-order valence-electron chi connectivity index (χ1n) is 7.45. The first-order chi connectivity index (χ1) is 11.0. The summed E-state index contributed by atoms with van der Waals surface area (Å²) < 4.78 is 29.0. The van der Waals surface area contributed by atoms with Crippen molar-refractivity contribution in [1.82, 2.24) is 0 Å². The molecule has 1 atom stereocenters. The van der Waals surface area contributed by atoms with Crippen molar-refractivity contribution in [2.75, 3.05) is 25.5 Å². The predicted molar refractivity (Wildman–Crippen MR) is 93.0 cm³/mol. The van der Waals surface area contributed by atoms with Crippen LogP contribution in [0, 0.1) is 0 Å². The standard InChI is InChI=1S/C17H22NO4P/c1-4-13-21-15-11-9-14(10-12-15)18-23(3,19)22-17-8-6-5-7-16(17)20-2/h5-12H,4,13H2,1-3H3,(H,18,19)/t23-/m0/s1. The van der Waals surface area contributed by atoms with Crippen LogP contribution in [-0.4, -0.2) is 20.4 Å². The number of rotatable bonds is 8. The maximum absolute atomic E-state index is 12.7. The highest BCUT2D eigenvalue weighted by molar-refractivity contribution is 7.60. The Morgan fingerprint density at radius 2 is 1.70 bits per heavy atom. The Labute approximate surface area is 137 Å². The summed E-state index contributed by atoms with van der Waals surface area (Å²) in [4.78, 5) is 0. The molecule has 0 heterocycles. The van der Waals surface area contributed by atoms with Crippen LogP contribution in [0.5, 0.6) is 17.2 Å². The second-order valence-corrected chi connectivity index (χ2v) is 7.17. The second-order valence-electron chi connectivity index (χ2n) is 5.07. The molecule has 5 nitrogen and oxygen atoms in total. The van der Waals surface area contributed by atoms with Crippen molar-refractivity contribution < 1.29 is 18.6 Å². The largest absolute Gasteiger partial charge is 0.494 e. The van der Waals surface area contributed by atoms with Gasteiger partial charge in [-0.25, -0.2) is 0 Å². The third-order valence-electron chi connectivity index (χ3n) is 3.00. The average molecular weight is 335 g/mol. The summed E-state index contributed by atoms with van der Waals surface area (Å²) >= 11 is 0. The lowest BCUT2D eigenvalue weighted by atomic mass is 10.3. The monoisotopic (exact) mass is 335 g/mol. The summed E-state index contributed by atoms with van der Waals surface area (Å²) in [5, 5.41) is 2.92. The van der Waals surface area contributed by atoms with Crippen LogP contribution >= 0.6 is 7.52 Å². The van der Waals surface area contributed by atoms with Crippen LogP contribution in [0.3, 0.4) is 0 Å². The van der Waals surface area contributed by atoms with Gasteiger partial charge in [0.2, 0.25) is 0 Å². The SMILES string of the molecule is CCCOc1ccc(N[P@@](C)(=O)Oc2ccccc2OC)cc1. The second kappa shape index (κ2) is 7.93. The Bertz CT molecular complexity index is 673. The molecule has 0 unspecified atom stereocenters. The summed E-state index contributed by atoms with van der Waals surface area (Å²) in [5.74, 6) is 1.77. The van der Waals surface area contributed by atoms with Crippen LogP contribution in [0.2, 0.25) is 0 Å². The van der Waals surface area contributed by atoms with Crippen LogP contribution in [-0.2, 0) is 4.57 Å². The molecule has 0 saturated heterocycles. The van der Waals surface area contributed by atoms with Gasteiger partial charge in [-0.05, 0) is 42.8 Å². The van der Waals surface area contributed by atoms with Gasteiger partial charge in [0.1, 0.15) is 5.75 Å². The molecular formula is C17H22NO4P. The summed E-state index contributed by atoms with van der Waals surface area (Å²) in [6, 6.07) is 14.4. The smallest absolute Gasteiger partial charge is 0.338 e. The number of hydrogen-bond acceptors (Lipinski definition) is 4. The first-order valence-corrected chi connectivity index (χ1v) is 9.52. The number of nitrogens with one attached hydrogen (secondary N) is 1. The molecule has 0 aliphatic rings. The normalized spacial score (nSPS) is 13.0. The van der Waals surface area contributed by atoms with Crippen molar-refractivity contribution in [2.24, 2.45) is 0 Å². The van der Waals surface area contributed by atoms with Crippen molar-refractivity contribution in [1.29, 1.82) is 0 Å². The summed E-state index contributed by atoms with van der Waals surface area (Å²) in [7, 11) is -1.54. The van der Waals surface area contributed by atoms with Gasteiger partial charge in [-0.1, -0.05) is 19.1 Å². The van der Waals surface area contributed by atoms with Crippen LogP contribution in [0.1, 0.15) is 13.3 Å². The van der Waals surface area contributed by atoms with Gasteiger partial charge in [-0.3, -0.25) is 4.57 Å². The van der Waals surface area contributed by atoms with Gasteiger partial charge in [0.25, 0.3) is 0 Å². The van der Waals surface area contributed by atoms with Crippen LogP contribution < -0.4 is 19.1 Å². The van der Waals surface area contributed by atoms with E-state index in [1.165, 1.54) is 6.66 Å². The zero-order valence-electron chi connectivity index (χ0n) is 13.6. The molecule has 2 aromatic carbocycles. The van der Waals surface area contributed by atoms with Gasteiger partial charge in [-0.15, -0.1) is 0 Å². The number of ether oxygens (including phenoxy) is 2. The van der Waals surface area contributed by atoms with Crippen LogP contribution in [0.4, 0.5) is 5.69 Å². The van der Waals surface area contributed by atoms with E-state index in [-0.39, 0.29) is 0 Å². The Morgan fingerprint density at radius 1 is 1.04 bits per heavy atom. The molecule has 1 N–H and O–H groups in total. The number of hydrogen-bond donors (Lipinski definition) is 1. The van der Waals surface area contributed by atoms with Gasteiger partial charge in [0.15, 0.2) is 11.5 Å². The fourth-order valence-electron chi connectivity index (χ4n) is 1.98. The molecule has 2 rings (SSSR count). The molecule has 0 radical (unpaired) electrons. The third kappa shape index (κ3) is 5.22. The molecule has 0 fully saturated rings. The maximum atomic E-state index is 12.7. The molecule has 0 aliphatic carbocycles. The van der Waals surface area contributed by atoms with E-state index in [0.717, 1.165) is 12.2 Å². The number of methoxy groups -OCH3 is 1. The van der Waals surface area contributed by atoms with Crippen molar-refractivity contribution >= 4 is 13.2 Å². The summed E-state index contributed by atoms with van der Waals surface area (Å²) in [6.45, 7) is 4.26. The molecule has 2 aromatic rings. The number of para-hydroxylation sites is 2. The van der Waals surface area contributed by atoms with E-state index in [0.29, 0.717) is 23.8 Å². The Morgan fingerprint density at radius 3 is 2.30 bits per heavy atom. The van der Waals surface area contributed by atoms with Crippen LogP contribution in [0.25, 0.3) is 0 Å². The molecule has 0 amide bonds. The summed E-state index contributed by atoms with van der Waals surface area (Å²) in [6.07, 6.45) is 0.955. The summed E-state index contributed by atoms with van der Waals surface area (Å²) in [5.41, 5.74) is 0.703. The molecule has 6 heteroatoms. The molecule has 0 saturated carbocycles. The molecule has 0 aliphatic heterocycles. The lowest BCUT2D eigenvalue weighted by molar-refractivity contribution is 0.317. The Kier molecular flexibility index (Phi) is 5.94. The Hall–Kier alpha value is -2.13. The van der Waals surface area contributed by atoms with Gasteiger partial charge in [-0.2, -0.15) is 0 Å². The fourth-order valence-corrected chi connectivity index (χ4v) is 3.17. The minimum atomic E-state index is -3.08. The average Bonchev–Trinajstić information content (AvgIpc) is 2.54. The van der Waals surface area contributed by atoms with E-state index in [1.54, 1.807) is 25.3 Å². The van der Waals surface area contributed by atoms with Gasteiger partial charge in [0.05, 0.1) is 13.7 Å². The topological polar surface area (TPSA) is 56.8 Å². The molecule has 0 aromatic heterocycles. The lowest BCUT2D eigenvalue weighted by Crippen LogP contribution is -2.03. The number of benzene rings is 2. The maximum Gasteiger partial charge on any atom is 0.338 e. The third-order valence-corrected chi connectivity index (χ3v) is 4.21. The zero-order chi connectivity index (χ0) is 16.7. The quantitative estimate of drug-likeness (QED) is 0.702. The lowest BCUT2D eigenvalue weighted by Gasteiger charge is -2.19. The number of anilines is 1. The fraction of sp³-hybridized carbons (Fsp3) is 0.294. The predicted octanol–water partition coefficient (Wildman–Crippen LogP) is 4.80. The highest BCUT2D eigenvalue weighted by Crippen LogP contribution is 2.46. The van der Waals surface area contributed by atoms with Crippen LogP contribution in [0.15, 0.2) is 48.5 Å².